The van der Waals surface area contributed by atoms with Crippen molar-refractivity contribution in [3.8, 4) is 11.1 Å². The van der Waals surface area contributed by atoms with Crippen LogP contribution in [-0.2, 0) is 13.1 Å². The molecule has 0 fully saturated rings. The van der Waals surface area contributed by atoms with Crippen LogP contribution in [-0.4, -0.2) is 19.3 Å². The van der Waals surface area contributed by atoms with Crippen LogP contribution in [0.1, 0.15) is 51.3 Å². The van der Waals surface area contributed by atoms with E-state index in [1.807, 2.05) is 0 Å². The molecule has 0 atom stereocenters. The first kappa shape index (κ1) is 18.6. The van der Waals surface area contributed by atoms with Gasteiger partial charge in [-0.3, -0.25) is 9.48 Å². The van der Waals surface area contributed by atoms with Crippen LogP contribution < -0.4 is 5.56 Å². The molecule has 0 spiro atoms. The van der Waals surface area contributed by atoms with E-state index in [4.69, 9.17) is 23.2 Å². The third-order valence-electron chi connectivity index (χ3n) is 5.48. The lowest BCUT2D eigenvalue weighted by Gasteiger charge is -2.17. The third kappa shape index (κ3) is 2.81. The molecule has 0 radical (unpaired) electrons. The van der Waals surface area contributed by atoms with Gasteiger partial charge in [-0.25, -0.2) is 14.1 Å². The Hall–Kier alpha value is -1.79. The van der Waals surface area contributed by atoms with E-state index >= 15 is 4.39 Å². The Kier molecular flexibility index (Phi) is 4.80. The number of aromatic amines is 1. The molecule has 0 aliphatic carbocycles. The SMILES string of the molecule is CCC(CC)c1nc2c(Cl)cc(F)c(-c3c(Cl)n4n(c3=O)CCCC4)c2[nH]1. The molecule has 5 nitrogen and oxygen atoms in total. The molecular formula is C19H21Cl2FN4O. The van der Waals surface area contributed by atoms with Gasteiger partial charge in [-0.2, -0.15) is 0 Å². The van der Waals surface area contributed by atoms with Crippen molar-refractivity contribution in [3.63, 3.8) is 0 Å². The summed E-state index contributed by atoms with van der Waals surface area (Å²) in [6.07, 6.45) is 3.64. The van der Waals surface area contributed by atoms with Gasteiger partial charge in [-0.15, -0.1) is 0 Å². The van der Waals surface area contributed by atoms with E-state index in [9.17, 15) is 4.79 Å². The van der Waals surface area contributed by atoms with Crippen molar-refractivity contribution >= 4 is 34.2 Å². The van der Waals surface area contributed by atoms with Gasteiger partial charge in [-0.1, -0.05) is 37.0 Å². The summed E-state index contributed by atoms with van der Waals surface area (Å²) in [5, 5.41) is 0.487. The van der Waals surface area contributed by atoms with E-state index in [-0.39, 0.29) is 32.8 Å². The van der Waals surface area contributed by atoms with Gasteiger partial charge in [0.05, 0.1) is 21.7 Å². The summed E-state index contributed by atoms with van der Waals surface area (Å²) < 4.78 is 18.3. The summed E-state index contributed by atoms with van der Waals surface area (Å²) in [6.45, 7) is 5.39. The summed E-state index contributed by atoms with van der Waals surface area (Å²) in [6, 6.07) is 1.22. The molecule has 3 heterocycles. The molecule has 2 aromatic heterocycles. The van der Waals surface area contributed by atoms with E-state index in [2.05, 4.69) is 23.8 Å². The van der Waals surface area contributed by atoms with Crippen molar-refractivity contribution in [1.82, 2.24) is 19.3 Å². The number of aromatic nitrogens is 4. The zero-order valence-electron chi connectivity index (χ0n) is 15.3. The molecule has 3 aromatic rings. The Bertz CT molecular complexity index is 1080. The number of benzene rings is 1. The predicted octanol–water partition coefficient (Wildman–Crippen LogP) is 5.34. The van der Waals surface area contributed by atoms with Crippen molar-refractivity contribution in [1.29, 1.82) is 0 Å². The molecule has 0 saturated carbocycles. The summed E-state index contributed by atoms with van der Waals surface area (Å²) in [5.74, 6) is 0.391. The van der Waals surface area contributed by atoms with Gasteiger partial charge in [0.2, 0.25) is 0 Å². The minimum atomic E-state index is -0.574. The Labute approximate surface area is 166 Å². The smallest absolute Gasteiger partial charge is 0.276 e. The maximum absolute atomic E-state index is 15.0. The van der Waals surface area contributed by atoms with Crippen molar-refractivity contribution in [3.05, 3.63) is 38.2 Å². The van der Waals surface area contributed by atoms with Crippen LogP contribution in [0.2, 0.25) is 10.2 Å². The minimum Gasteiger partial charge on any atom is -0.341 e. The molecule has 27 heavy (non-hydrogen) atoms. The topological polar surface area (TPSA) is 55.6 Å². The summed E-state index contributed by atoms with van der Waals surface area (Å²) in [4.78, 5) is 20.8. The third-order valence-corrected chi connectivity index (χ3v) is 6.15. The fraction of sp³-hybridized carbons (Fsp3) is 0.474. The van der Waals surface area contributed by atoms with Crippen LogP contribution in [0.4, 0.5) is 4.39 Å². The van der Waals surface area contributed by atoms with Gasteiger partial charge in [0.1, 0.15) is 22.3 Å². The normalized spacial score (nSPS) is 14.3. The molecule has 1 aliphatic rings. The number of halogens is 3. The van der Waals surface area contributed by atoms with E-state index in [1.54, 1.807) is 9.36 Å². The second-order valence-corrected chi connectivity index (χ2v) is 7.76. The van der Waals surface area contributed by atoms with E-state index in [0.717, 1.165) is 31.5 Å². The predicted molar refractivity (Wildman–Crippen MR) is 106 cm³/mol. The van der Waals surface area contributed by atoms with Gasteiger partial charge in [-0.05, 0) is 31.7 Å². The maximum Gasteiger partial charge on any atom is 0.276 e. The molecule has 1 aromatic carbocycles. The molecule has 144 valence electrons. The number of imidazole rings is 1. The molecule has 8 heteroatoms. The van der Waals surface area contributed by atoms with Gasteiger partial charge in [0.15, 0.2) is 0 Å². The minimum absolute atomic E-state index is 0.156. The Morgan fingerprint density at radius 1 is 1.19 bits per heavy atom. The zero-order valence-corrected chi connectivity index (χ0v) is 16.8. The molecule has 0 amide bonds. The number of H-pyrrole nitrogens is 1. The van der Waals surface area contributed by atoms with E-state index in [1.165, 1.54) is 6.07 Å². The molecule has 0 bridgehead atoms. The number of hydrogen-bond donors (Lipinski definition) is 1. The summed E-state index contributed by atoms with van der Waals surface area (Å²) in [5.41, 5.74) is 0.964. The highest BCUT2D eigenvalue weighted by Gasteiger charge is 2.28. The average molecular weight is 411 g/mol. The van der Waals surface area contributed by atoms with Gasteiger partial charge >= 0.3 is 0 Å². The highest BCUT2D eigenvalue weighted by Crippen LogP contribution is 2.38. The highest BCUT2D eigenvalue weighted by molar-refractivity contribution is 6.36. The van der Waals surface area contributed by atoms with Crippen LogP contribution in [0.3, 0.4) is 0 Å². The number of nitrogens with one attached hydrogen (secondary N) is 1. The van der Waals surface area contributed by atoms with Crippen molar-refractivity contribution in [2.45, 2.75) is 58.5 Å². The quantitative estimate of drug-likeness (QED) is 0.631. The van der Waals surface area contributed by atoms with E-state index < -0.39 is 5.82 Å². The lowest BCUT2D eigenvalue weighted by molar-refractivity contribution is 0.356. The Balaban J connectivity index is 2.03. The fourth-order valence-electron chi connectivity index (χ4n) is 3.97. The first-order valence-corrected chi connectivity index (χ1v) is 10.1. The zero-order chi connectivity index (χ0) is 19.3. The monoisotopic (exact) mass is 410 g/mol. The Morgan fingerprint density at radius 3 is 2.48 bits per heavy atom. The van der Waals surface area contributed by atoms with Gasteiger partial charge in [0.25, 0.3) is 5.56 Å². The van der Waals surface area contributed by atoms with Crippen LogP contribution in [0.15, 0.2) is 10.9 Å². The molecule has 1 N–H and O–H groups in total. The molecule has 4 rings (SSSR count). The largest absolute Gasteiger partial charge is 0.341 e. The molecular weight excluding hydrogens is 390 g/mol. The first-order valence-electron chi connectivity index (χ1n) is 9.34. The van der Waals surface area contributed by atoms with Crippen molar-refractivity contribution in [2.75, 3.05) is 0 Å². The lowest BCUT2D eigenvalue weighted by atomic mass is 10.0. The van der Waals surface area contributed by atoms with Crippen molar-refractivity contribution < 1.29 is 4.39 Å². The van der Waals surface area contributed by atoms with E-state index in [0.29, 0.717) is 24.1 Å². The van der Waals surface area contributed by atoms with Crippen molar-refractivity contribution in [2.24, 2.45) is 0 Å². The fourth-order valence-corrected chi connectivity index (χ4v) is 4.55. The van der Waals surface area contributed by atoms with Crippen LogP contribution >= 0.6 is 23.2 Å². The van der Waals surface area contributed by atoms with Crippen LogP contribution in [0.25, 0.3) is 22.2 Å². The number of rotatable bonds is 4. The second-order valence-electron chi connectivity index (χ2n) is 7.00. The van der Waals surface area contributed by atoms with Gasteiger partial charge in [0, 0.05) is 19.0 Å². The van der Waals surface area contributed by atoms with Crippen LogP contribution in [0, 0.1) is 5.82 Å². The number of hydrogen-bond acceptors (Lipinski definition) is 2. The van der Waals surface area contributed by atoms with Crippen LogP contribution in [0.5, 0.6) is 0 Å². The molecule has 0 unspecified atom stereocenters. The first-order chi connectivity index (χ1) is 13.0. The Morgan fingerprint density at radius 2 is 1.85 bits per heavy atom. The number of fused-ring (bicyclic) bond motifs is 2. The summed E-state index contributed by atoms with van der Waals surface area (Å²) >= 11 is 12.8. The molecule has 0 saturated heterocycles. The number of nitrogens with zero attached hydrogens (tertiary/aromatic N) is 3. The second kappa shape index (κ2) is 6.99. The van der Waals surface area contributed by atoms with Gasteiger partial charge < -0.3 is 4.98 Å². The lowest BCUT2D eigenvalue weighted by Crippen LogP contribution is -2.27. The molecule has 1 aliphatic heterocycles. The average Bonchev–Trinajstić information content (AvgIpc) is 3.19. The standard InChI is InChI=1S/C19H21Cl2FN4O/c1-3-10(4-2)18-23-15-11(20)9-12(22)13(16(15)24-18)14-17(21)25-7-5-6-8-26(25)19(14)27/h9-10H,3-8H2,1-2H3,(H,23,24). The maximum atomic E-state index is 15.0. The highest BCUT2D eigenvalue weighted by atomic mass is 35.5. The summed E-state index contributed by atoms with van der Waals surface area (Å²) in [7, 11) is 0.